The molecule has 3 unspecified atom stereocenters. The molecular weight excluding hydrogens is 258 g/mol. The molecule has 0 radical (unpaired) electrons. The van der Waals surface area contributed by atoms with Gasteiger partial charge < -0.3 is 4.74 Å². The van der Waals surface area contributed by atoms with Crippen molar-refractivity contribution in [2.24, 2.45) is 5.41 Å². The Kier molecular flexibility index (Phi) is 4.29. The molecule has 2 fully saturated rings. The standard InChI is InChI=1S/C19H31NO/c1-5-20-16-8-6-7-9-17(16)21-18(20)11-15-10-14(2)12-19(3,4)13-15/h10-11,16-18H,5-9,12-13H2,1-4H3/b15-11+. The molecule has 0 aromatic carbocycles. The van der Waals surface area contributed by atoms with Crippen LogP contribution in [0.3, 0.4) is 0 Å². The van der Waals surface area contributed by atoms with Gasteiger partial charge in [-0.25, -0.2) is 0 Å². The first-order valence-electron chi connectivity index (χ1n) is 8.77. The molecule has 0 N–H and O–H groups in total. The number of likely N-dealkylation sites (N-methyl/N-ethyl adjacent to an activating group) is 1. The molecule has 0 spiro atoms. The molecule has 0 aromatic rings. The number of rotatable bonds is 2. The second-order valence-electron chi connectivity index (χ2n) is 8.00. The Morgan fingerprint density at radius 2 is 2.05 bits per heavy atom. The van der Waals surface area contributed by atoms with Gasteiger partial charge in [0.25, 0.3) is 0 Å². The average Bonchev–Trinajstić information content (AvgIpc) is 2.73. The van der Waals surface area contributed by atoms with E-state index in [0.29, 0.717) is 17.6 Å². The number of fused-ring (bicyclic) bond motifs is 1. The third kappa shape index (κ3) is 3.27. The lowest BCUT2D eigenvalue weighted by Gasteiger charge is -2.32. The van der Waals surface area contributed by atoms with Crippen LogP contribution in [0.15, 0.2) is 23.3 Å². The lowest BCUT2D eigenvalue weighted by atomic mass is 9.75. The predicted molar refractivity (Wildman–Crippen MR) is 88.2 cm³/mol. The Balaban J connectivity index is 1.80. The van der Waals surface area contributed by atoms with Crippen molar-refractivity contribution in [1.29, 1.82) is 0 Å². The van der Waals surface area contributed by atoms with Crippen molar-refractivity contribution >= 4 is 0 Å². The molecule has 3 rings (SSSR count). The van der Waals surface area contributed by atoms with Crippen LogP contribution in [0.25, 0.3) is 0 Å². The van der Waals surface area contributed by atoms with Crippen molar-refractivity contribution in [2.45, 2.75) is 84.6 Å². The first-order chi connectivity index (χ1) is 9.98. The highest BCUT2D eigenvalue weighted by Gasteiger charge is 2.41. The topological polar surface area (TPSA) is 12.5 Å². The maximum Gasteiger partial charge on any atom is 0.131 e. The maximum absolute atomic E-state index is 6.40. The fourth-order valence-electron chi connectivity index (χ4n) is 4.69. The maximum atomic E-state index is 6.40. The van der Waals surface area contributed by atoms with E-state index in [9.17, 15) is 0 Å². The molecular formula is C19H31NO. The summed E-state index contributed by atoms with van der Waals surface area (Å²) in [6.45, 7) is 10.4. The molecule has 3 atom stereocenters. The van der Waals surface area contributed by atoms with Crippen molar-refractivity contribution in [3.63, 3.8) is 0 Å². The first kappa shape index (κ1) is 15.3. The quantitative estimate of drug-likeness (QED) is 0.732. The third-order valence-corrected chi connectivity index (χ3v) is 5.33. The van der Waals surface area contributed by atoms with Gasteiger partial charge in [-0.05, 0) is 56.2 Å². The van der Waals surface area contributed by atoms with Gasteiger partial charge in [-0.1, -0.05) is 45.3 Å². The molecule has 0 amide bonds. The molecule has 3 aliphatic rings. The Bertz CT molecular complexity index is 448. The second-order valence-corrected chi connectivity index (χ2v) is 8.00. The number of nitrogens with zero attached hydrogens (tertiary/aromatic N) is 1. The van der Waals surface area contributed by atoms with E-state index in [2.05, 4.69) is 44.7 Å². The van der Waals surface area contributed by atoms with Crippen molar-refractivity contribution in [2.75, 3.05) is 6.54 Å². The van der Waals surface area contributed by atoms with E-state index in [-0.39, 0.29) is 6.23 Å². The smallest absolute Gasteiger partial charge is 0.131 e. The summed E-state index contributed by atoms with van der Waals surface area (Å²) in [5.41, 5.74) is 3.38. The molecule has 0 bridgehead atoms. The zero-order valence-electron chi connectivity index (χ0n) is 14.2. The van der Waals surface area contributed by atoms with Crippen LogP contribution in [0, 0.1) is 5.41 Å². The molecule has 1 heterocycles. The molecule has 21 heavy (non-hydrogen) atoms. The van der Waals surface area contributed by atoms with Gasteiger partial charge in [0.05, 0.1) is 6.10 Å². The van der Waals surface area contributed by atoms with E-state index in [1.807, 2.05) is 0 Å². The number of hydrogen-bond donors (Lipinski definition) is 0. The average molecular weight is 289 g/mol. The van der Waals surface area contributed by atoms with Crippen molar-refractivity contribution in [3.8, 4) is 0 Å². The van der Waals surface area contributed by atoms with Gasteiger partial charge in [0.2, 0.25) is 0 Å². The fraction of sp³-hybridized carbons (Fsp3) is 0.789. The molecule has 1 saturated heterocycles. The van der Waals surface area contributed by atoms with Crippen LogP contribution in [0.4, 0.5) is 0 Å². The van der Waals surface area contributed by atoms with E-state index in [1.165, 1.54) is 49.7 Å². The minimum atomic E-state index is 0.205. The van der Waals surface area contributed by atoms with Gasteiger partial charge in [0.15, 0.2) is 0 Å². The van der Waals surface area contributed by atoms with Crippen molar-refractivity contribution < 1.29 is 4.74 Å². The minimum Gasteiger partial charge on any atom is -0.355 e. The van der Waals surface area contributed by atoms with Crippen molar-refractivity contribution in [3.05, 3.63) is 23.3 Å². The Morgan fingerprint density at radius 1 is 1.29 bits per heavy atom. The van der Waals surface area contributed by atoms with Crippen LogP contribution < -0.4 is 0 Å². The normalized spacial score (nSPS) is 38.4. The van der Waals surface area contributed by atoms with Crippen LogP contribution >= 0.6 is 0 Å². The second kappa shape index (κ2) is 5.89. The van der Waals surface area contributed by atoms with E-state index < -0.39 is 0 Å². The predicted octanol–water partition coefficient (Wildman–Crippen LogP) is 4.67. The number of hydrogen-bond acceptors (Lipinski definition) is 2. The van der Waals surface area contributed by atoms with Crippen LogP contribution in [-0.2, 0) is 4.74 Å². The Morgan fingerprint density at radius 3 is 2.76 bits per heavy atom. The van der Waals surface area contributed by atoms with Gasteiger partial charge in [0.1, 0.15) is 6.23 Å². The molecule has 0 aromatic heterocycles. The van der Waals surface area contributed by atoms with E-state index in [4.69, 9.17) is 4.74 Å². The van der Waals surface area contributed by atoms with Gasteiger partial charge in [-0.2, -0.15) is 0 Å². The summed E-state index contributed by atoms with van der Waals surface area (Å²) in [6, 6.07) is 0.660. The monoisotopic (exact) mass is 289 g/mol. The molecule has 1 aliphatic heterocycles. The lowest BCUT2D eigenvalue weighted by molar-refractivity contribution is 0.0296. The Labute approximate surface area is 130 Å². The van der Waals surface area contributed by atoms with E-state index in [0.717, 1.165) is 6.54 Å². The molecule has 118 valence electrons. The summed E-state index contributed by atoms with van der Waals surface area (Å²) >= 11 is 0. The SMILES string of the molecule is CCN1C(/C=C2\C=C(C)CC(C)(C)C2)OC2CCCCC21. The highest BCUT2D eigenvalue weighted by atomic mass is 16.5. The Hall–Kier alpha value is -0.600. The highest BCUT2D eigenvalue weighted by molar-refractivity contribution is 5.30. The summed E-state index contributed by atoms with van der Waals surface area (Å²) in [5.74, 6) is 0. The zero-order valence-corrected chi connectivity index (χ0v) is 14.2. The van der Waals surface area contributed by atoms with Crippen molar-refractivity contribution in [1.82, 2.24) is 4.90 Å². The summed E-state index contributed by atoms with van der Waals surface area (Å²) in [5, 5.41) is 0. The lowest BCUT2D eigenvalue weighted by Crippen LogP contribution is -2.39. The van der Waals surface area contributed by atoms with Crippen LogP contribution in [0.5, 0.6) is 0 Å². The van der Waals surface area contributed by atoms with E-state index in [1.54, 1.807) is 0 Å². The minimum absolute atomic E-state index is 0.205. The highest BCUT2D eigenvalue weighted by Crippen LogP contribution is 2.40. The van der Waals surface area contributed by atoms with Gasteiger partial charge in [-0.3, -0.25) is 4.90 Å². The van der Waals surface area contributed by atoms with Crippen LogP contribution in [0.2, 0.25) is 0 Å². The summed E-state index contributed by atoms with van der Waals surface area (Å²) in [7, 11) is 0. The van der Waals surface area contributed by atoms with E-state index >= 15 is 0 Å². The third-order valence-electron chi connectivity index (χ3n) is 5.33. The molecule has 2 heteroatoms. The number of ether oxygens (including phenoxy) is 1. The molecule has 2 nitrogen and oxygen atoms in total. The fourth-order valence-corrected chi connectivity index (χ4v) is 4.69. The van der Waals surface area contributed by atoms with Crippen LogP contribution in [-0.4, -0.2) is 29.8 Å². The van der Waals surface area contributed by atoms with Gasteiger partial charge in [0, 0.05) is 6.04 Å². The largest absolute Gasteiger partial charge is 0.355 e. The summed E-state index contributed by atoms with van der Waals surface area (Å²) in [6.07, 6.45) is 13.2. The van der Waals surface area contributed by atoms with Crippen LogP contribution in [0.1, 0.15) is 66.2 Å². The zero-order chi connectivity index (χ0) is 15.0. The number of allylic oxidation sites excluding steroid dienone is 3. The summed E-state index contributed by atoms with van der Waals surface area (Å²) < 4.78 is 6.40. The first-order valence-corrected chi connectivity index (χ1v) is 8.77. The molecule has 2 aliphatic carbocycles. The van der Waals surface area contributed by atoms with Gasteiger partial charge in [-0.15, -0.1) is 0 Å². The summed E-state index contributed by atoms with van der Waals surface area (Å²) in [4.78, 5) is 2.58. The van der Waals surface area contributed by atoms with Gasteiger partial charge >= 0.3 is 0 Å². The molecule has 1 saturated carbocycles.